The number of amides is 1. The van der Waals surface area contributed by atoms with Crippen LogP contribution in [-0.2, 0) is 0 Å². The van der Waals surface area contributed by atoms with Gasteiger partial charge in [0.15, 0.2) is 0 Å². The first kappa shape index (κ1) is 12.4. The van der Waals surface area contributed by atoms with Crippen molar-refractivity contribution in [2.45, 2.75) is 13.0 Å². The third-order valence-electron chi connectivity index (χ3n) is 2.95. The molecule has 1 fully saturated rings. The van der Waals surface area contributed by atoms with Crippen molar-refractivity contribution in [2.75, 3.05) is 24.5 Å². The first-order valence-corrected chi connectivity index (χ1v) is 6.45. The maximum absolute atomic E-state index is 11.5. The molecule has 0 bridgehead atoms. The van der Waals surface area contributed by atoms with E-state index in [-0.39, 0.29) is 0 Å². The second-order valence-electron chi connectivity index (χ2n) is 4.30. The molecule has 0 aliphatic carbocycles. The van der Waals surface area contributed by atoms with Gasteiger partial charge in [-0.25, -0.2) is 0 Å². The molecule has 1 heterocycles. The Labute approximate surface area is 109 Å². The van der Waals surface area contributed by atoms with E-state index in [1.807, 2.05) is 18.2 Å². The van der Waals surface area contributed by atoms with E-state index in [0.717, 1.165) is 29.8 Å². The van der Waals surface area contributed by atoms with Gasteiger partial charge in [0, 0.05) is 30.1 Å². The number of hydrogen-bond acceptors (Lipinski definition) is 3. The smallest absolute Gasteiger partial charge is 0.251 e. The van der Waals surface area contributed by atoms with E-state index in [9.17, 15) is 4.79 Å². The zero-order valence-electron chi connectivity index (χ0n) is 9.74. The number of carbonyl (C=O) groups is 1. The summed E-state index contributed by atoms with van der Waals surface area (Å²) >= 11 is 3.39. The number of anilines is 1. The number of halogens is 1. The minimum absolute atomic E-state index is 0.390. The molecule has 0 spiro atoms. The molecule has 5 heteroatoms. The molecule has 1 aromatic carbocycles. The zero-order chi connectivity index (χ0) is 12.4. The number of benzene rings is 1. The van der Waals surface area contributed by atoms with Gasteiger partial charge in [0.25, 0.3) is 5.91 Å². The highest BCUT2D eigenvalue weighted by Gasteiger charge is 2.21. The second kappa shape index (κ2) is 5.06. The van der Waals surface area contributed by atoms with Crippen LogP contribution in [0, 0.1) is 0 Å². The van der Waals surface area contributed by atoms with Gasteiger partial charge in [-0.3, -0.25) is 4.79 Å². The van der Waals surface area contributed by atoms with E-state index in [2.05, 4.69) is 33.1 Å². The average molecular weight is 298 g/mol. The topological polar surface area (TPSA) is 58.4 Å². The van der Waals surface area contributed by atoms with Gasteiger partial charge in [0.2, 0.25) is 0 Å². The Morgan fingerprint density at radius 2 is 2.35 bits per heavy atom. The highest BCUT2D eigenvalue weighted by molar-refractivity contribution is 9.10. The Kier molecular flexibility index (Phi) is 3.69. The first-order valence-electron chi connectivity index (χ1n) is 5.66. The second-order valence-corrected chi connectivity index (χ2v) is 5.15. The number of rotatable bonds is 2. The molecule has 0 aromatic heterocycles. The molecule has 0 radical (unpaired) electrons. The quantitative estimate of drug-likeness (QED) is 0.866. The van der Waals surface area contributed by atoms with Crippen LogP contribution in [0.3, 0.4) is 0 Å². The predicted octanol–water partition coefficient (Wildman–Crippen LogP) is 1.35. The van der Waals surface area contributed by atoms with Crippen molar-refractivity contribution in [1.82, 2.24) is 5.32 Å². The van der Waals surface area contributed by atoms with Crippen molar-refractivity contribution in [3.8, 4) is 0 Å². The Bertz CT molecular complexity index is 436. The van der Waals surface area contributed by atoms with Crippen LogP contribution < -0.4 is 16.0 Å². The van der Waals surface area contributed by atoms with Crippen LogP contribution in [-0.4, -0.2) is 31.6 Å². The summed E-state index contributed by atoms with van der Waals surface area (Å²) in [5, 5.41) is 3.38. The van der Waals surface area contributed by atoms with Gasteiger partial charge in [-0.15, -0.1) is 0 Å². The maximum Gasteiger partial charge on any atom is 0.251 e. The van der Waals surface area contributed by atoms with E-state index >= 15 is 0 Å². The normalized spacial score (nSPS) is 20.4. The summed E-state index contributed by atoms with van der Waals surface area (Å²) in [6.07, 6.45) is 0. The number of carbonyl (C=O) groups excluding carboxylic acids is 1. The van der Waals surface area contributed by atoms with Crippen LogP contribution in [0.15, 0.2) is 22.7 Å². The first-order chi connectivity index (χ1) is 8.09. The van der Waals surface area contributed by atoms with Gasteiger partial charge in [-0.1, -0.05) is 6.07 Å². The number of primary amides is 1. The van der Waals surface area contributed by atoms with Gasteiger partial charge in [-0.2, -0.15) is 0 Å². The highest BCUT2D eigenvalue weighted by atomic mass is 79.9. The van der Waals surface area contributed by atoms with E-state index in [0.29, 0.717) is 11.6 Å². The molecule has 2 rings (SSSR count). The van der Waals surface area contributed by atoms with Gasteiger partial charge in [0.05, 0.1) is 11.3 Å². The Morgan fingerprint density at radius 3 is 3.00 bits per heavy atom. The van der Waals surface area contributed by atoms with Gasteiger partial charge < -0.3 is 16.0 Å². The number of hydrogen-bond donors (Lipinski definition) is 2. The van der Waals surface area contributed by atoms with Gasteiger partial charge >= 0.3 is 0 Å². The van der Waals surface area contributed by atoms with E-state index in [1.54, 1.807) is 0 Å². The summed E-state index contributed by atoms with van der Waals surface area (Å²) < 4.78 is 0.758. The molecule has 1 aliphatic heterocycles. The molecule has 1 aliphatic rings. The predicted molar refractivity (Wildman–Crippen MR) is 72.3 cm³/mol. The summed E-state index contributed by atoms with van der Waals surface area (Å²) in [6.45, 7) is 4.83. The molecular weight excluding hydrogens is 282 g/mol. The summed E-state index contributed by atoms with van der Waals surface area (Å²) in [5.41, 5.74) is 6.93. The molecule has 1 atom stereocenters. The summed E-state index contributed by atoms with van der Waals surface area (Å²) in [6, 6.07) is 6.14. The average Bonchev–Trinajstić information content (AvgIpc) is 2.28. The van der Waals surface area contributed by atoms with Crippen molar-refractivity contribution in [3.05, 3.63) is 28.2 Å². The van der Waals surface area contributed by atoms with Gasteiger partial charge in [0.1, 0.15) is 0 Å². The van der Waals surface area contributed by atoms with Crippen LogP contribution in [0.2, 0.25) is 0 Å². The molecular formula is C12H16BrN3O. The fraction of sp³-hybridized carbons (Fsp3) is 0.417. The van der Waals surface area contributed by atoms with E-state index in [1.165, 1.54) is 0 Å². The van der Waals surface area contributed by atoms with Crippen LogP contribution in [0.4, 0.5) is 5.69 Å². The molecule has 0 unspecified atom stereocenters. The maximum atomic E-state index is 11.5. The third-order valence-corrected chi connectivity index (χ3v) is 3.61. The van der Waals surface area contributed by atoms with Crippen LogP contribution in [0.5, 0.6) is 0 Å². The van der Waals surface area contributed by atoms with Crippen LogP contribution in [0.25, 0.3) is 0 Å². The van der Waals surface area contributed by atoms with E-state index < -0.39 is 5.91 Å². The van der Waals surface area contributed by atoms with E-state index in [4.69, 9.17) is 5.73 Å². The van der Waals surface area contributed by atoms with Crippen molar-refractivity contribution in [2.24, 2.45) is 5.73 Å². The molecule has 1 aromatic rings. The van der Waals surface area contributed by atoms with Crippen LogP contribution in [0.1, 0.15) is 17.3 Å². The molecule has 92 valence electrons. The summed E-state index contributed by atoms with van der Waals surface area (Å²) in [4.78, 5) is 13.7. The standard InChI is InChI=1S/C12H16BrN3O/c1-8-7-16(6-5-15-8)10-4-2-3-9(13)11(10)12(14)17/h2-4,8,15H,5-7H2,1H3,(H2,14,17)/t8-/m1/s1. The highest BCUT2D eigenvalue weighted by Crippen LogP contribution is 2.28. The van der Waals surface area contributed by atoms with Crippen molar-refractivity contribution >= 4 is 27.5 Å². The fourth-order valence-electron chi connectivity index (χ4n) is 2.17. The zero-order valence-corrected chi connectivity index (χ0v) is 11.3. The lowest BCUT2D eigenvalue weighted by atomic mass is 10.1. The molecule has 4 nitrogen and oxygen atoms in total. The minimum Gasteiger partial charge on any atom is -0.368 e. The van der Waals surface area contributed by atoms with Crippen LogP contribution >= 0.6 is 15.9 Å². The van der Waals surface area contributed by atoms with Crippen molar-refractivity contribution in [1.29, 1.82) is 0 Å². The lowest BCUT2D eigenvalue weighted by Crippen LogP contribution is -2.49. The number of nitrogens with two attached hydrogens (primary N) is 1. The van der Waals surface area contributed by atoms with Crippen molar-refractivity contribution in [3.63, 3.8) is 0 Å². The molecule has 1 saturated heterocycles. The Morgan fingerprint density at radius 1 is 1.59 bits per heavy atom. The number of nitrogens with one attached hydrogen (secondary N) is 1. The summed E-state index contributed by atoms with van der Waals surface area (Å²) in [5.74, 6) is -0.390. The Hall–Kier alpha value is -1.07. The molecule has 17 heavy (non-hydrogen) atoms. The Balaban J connectivity index is 2.37. The lowest BCUT2D eigenvalue weighted by molar-refractivity contribution is 0.1000. The third kappa shape index (κ3) is 2.61. The fourth-order valence-corrected chi connectivity index (χ4v) is 2.72. The minimum atomic E-state index is -0.390. The molecule has 1 amide bonds. The van der Waals surface area contributed by atoms with Gasteiger partial charge in [-0.05, 0) is 35.0 Å². The molecule has 3 N–H and O–H groups in total. The molecule has 0 saturated carbocycles. The van der Waals surface area contributed by atoms with Crippen molar-refractivity contribution < 1.29 is 4.79 Å². The monoisotopic (exact) mass is 297 g/mol. The number of nitrogens with zero attached hydrogens (tertiary/aromatic N) is 1. The number of piperazine rings is 1. The SMILES string of the molecule is C[C@@H]1CN(c2cccc(Br)c2C(N)=O)CCN1. The largest absolute Gasteiger partial charge is 0.368 e. The summed E-state index contributed by atoms with van der Waals surface area (Å²) in [7, 11) is 0. The lowest BCUT2D eigenvalue weighted by Gasteiger charge is -2.34.